The quantitative estimate of drug-likeness (QED) is 0.121. The molecule has 12 rings (SSSR count). The highest BCUT2D eigenvalue weighted by Crippen LogP contribution is 2.51. The maximum absolute atomic E-state index is 14.4. The van der Waals surface area contributed by atoms with Gasteiger partial charge in [-0.05, 0) is 133 Å². The minimum absolute atomic E-state index is 0.405. The molecule has 0 amide bonds. The van der Waals surface area contributed by atoms with Crippen molar-refractivity contribution in [3.63, 3.8) is 0 Å². The van der Waals surface area contributed by atoms with E-state index < -0.39 is 23.4 Å². The Labute approximate surface area is 369 Å². The van der Waals surface area contributed by atoms with Crippen molar-refractivity contribution in [3.8, 4) is 0 Å². The maximum atomic E-state index is 14.4. The van der Waals surface area contributed by atoms with Gasteiger partial charge < -0.3 is 20.4 Å². The molecule has 64 heavy (non-hydrogen) atoms. The predicted molar refractivity (Wildman–Crippen MR) is 264 cm³/mol. The van der Waals surface area contributed by atoms with Gasteiger partial charge in [-0.1, -0.05) is 194 Å². The molecule has 12 aromatic rings. The first-order valence-corrected chi connectivity index (χ1v) is 21.8. The standard InChI is InChI=1S/C60H42O4/c61-57(59(63,53-33-37-17-1-5-21-41(37)45-25-9-13-29-49(45)53)54-34-38-18-2-6-22-42(38)46-26-10-14-30-50(46)54)58(62)60(64,55-35-39-19-3-7-23-43(39)47-27-11-15-31-51(47)55)56-36-40-20-4-8-24-44(40)48-28-12-16-32-52(48)56/h1-36,57-58,61-64H. The summed E-state index contributed by atoms with van der Waals surface area (Å²) in [5.74, 6) is 0. The van der Waals surface area contributed by atoms with Gasteiger partial charge in [0.1, 0.15) is 23.4 Å². The van der Waals surface area contributed by atoms with Crippen LogP contribution < -0.4 is 0 Å². The SMILES string of the molecule is OC(C(O)C(O)(c1cc2ccccc2c2ccccc12)c1cc2ccccc2c2ccccc12)C(O)(c1cc2ccccc2c2ccccc12)c1cc2ccccc2c2ccccc12. The molecule has 0 aromatic heterocycles. The Morgan fingerprint density at radius 3 is 0.625 bits per heavy atom. The molecule has 0 aliphatic heterocycles. The van der Waals surface area contributed by atoms with Gasteiger partial charge in [0, 0.05) is 0 Å². The third-order valence-corrected chi connectivity index (χ3v) is 13.9. The first kappa shape index (κ1) is 38.3. The second kappa shape index (κ2) is 14.6. The number of rotatable bonds is 7. The molecule has 4 nitrogen and oxygen atoms in total. The molecule has 4 heteroatoms. The third-order valence-electron chi connectivity index (χ3n) is 13.9. The van der Waals surface area contributed by atoms with Crippen LogP contribution in [0.2, 0.25) is 0 Å². The first-order chi connectivity index (χ1) is 31.4. The Hall–Kier alpha value is -7.44. The molecule has 0 saturated carbocycles. The summed E-state index contributed by atoms with van der Waals surface area (Å²) in [6.45, 7) is 0. The fraction of sp³-hybridized carbons (Fsp3) is 0.0667. The number of aliphatic hydroxyl groups excluding tert-OH is 2. The smallest absolute Gasteiger partial charge is 0.144 e. The summed E-state index contributed by atoms with van der Waals surface area (Å²) in [6, 6.07) is 71.5. The second-order valence-electron chi connectivity index (χ2n) is 17.2. The molecule has 0 aliphatic rings. The van der Waals surface area contributed by atoms with E-state index in [1.54, 1.807) is 0 Å². The number of aliphatic hydroxyl groups is 4. The van der Waals surface area contributed by atoms with Gasteiger partial charge in [0.2, 0.25) is 0 Å². The van der Waals surface area contributed by atoms with Crippen molar-refractivity contribution in [2.75, 3.05) is 0 Å². The highest BCUT2D eigenvalue weighted by Gasteiger charge is 2.54. The number of benzene rings is 12. The molecule has 0 radical (unpaired) electrons. The summed E-state index contributed by atoms with van der Waals surface area (Å²) in [5.41, 5.74) is -3.04. The highest BCUT2D eigenvalue weighted by atomic mass is 16.4. The molecular weight excluding hydrogens is 785 g/mol. The molecule has 2 unspecified atom stereocenters. The van der Waals surface area contributed by atoms with E-state index in [0.717, 1.165) is 64.6 Å². The number of hydrogen-bond acceptors (Lipinski definition) is 4. The van der Waals surface area contributed by atoms with Crippen LogP contribution in [0.15, 0.2) is 218 Å². The molecule has 0 bridgehead atoms. The fourth-order valence-electron chi connectivity index (χ4n) is 10.9. The topological polar surface area (TPSA) is 80.9 Å². The summed E-state index contributed by atoms with van der Waals surface area (Å²) in [4.78, 5) is 0. The Balaban J connectivity index is 1.23. The van der Waals surface area contributed by atoms with E-state index in [0.29, 0.717) is 43.8 Å². The Morgan fingerprint density at radius 1 is 0.234 bits per heavy atom. The van der Waals surface area contributed by atoms with Crippen LogP contribution in [0.1, 0.15) is 22.3 Å². The molecule has 306 valence electrons. The predicted octanol–water partition coefficient (Wildman–Crippen LogP) is 12.8. The molecule has 4 N–H and O–H groups in total. The van der Waals surface area contributed by atoms with Gasteiger partial charge >= 0.3 is 0 Å². The van der Waals surface area contributed by atoms with E-state index in [9.17, 15) is 20.4 Å². The van der Waals surface area contributed by atoms with Crippen LogP contribution in [-0.2, 0) is 11.2 Å². The molecule has 12 aromatic carbocycles. The third kappa shape index (κ3) is 5.51. The molecular formula is C60H42O4. The van der Waals surface area contributed by atoms with Crippen LogP contribution in [0.3, 0.4) is 0 Å². The van der Waals surface area contributed by atoms with Gasteiger partial charge in [0.25, 0.3) is 0 Å². The van der Waals surface area contributed by atoms with Crippen LogP contribution in [0.5, 0.6) is 0 Å². The molecule has 0 aliphatic carbocycles. The normalized spacial score (nSPS) is 13.5. The van der Waals surface area contributed by atoms with Crippen LogP contribution in [0.4, 0.5) is 0 Å². The lowest BCUT2D eigenvalue weighted by Crippen LogP contribution is -2.56. The molecule has 0 saturated heterocycles. The minimum atomic E-state index is -2.33. The van der Waals surface area contributed by atoms with Crippen molar-refractivity contribution in [2.24, 2.45) is 0 Å². The van der Waals surface area contributed by atoms with Crippen LogP contribution >= 0.6 is 0 Å². The van der Waals surface area contributed by atoms with Gasteiger partial charge in [-0.15, -0.1) is 0 Å². The first-order valence-electron chi connectivity index (χ1n) is 21.8. The van der Waals surface area contributed by atoms with Gasteiger partial charge in [-0.3, -0.25) is 0 Å². The van der Waals surface area contributed by atoms with Crippen molar-refractivity contribution in [1.29, 1.82) is 0 Å². The Kier molecular flexibility index (Phi) is 8.71. The van der Waals surface area contributed by atoms with E-state index in [2.05, 4.69) is 24.3 Å². The average Bonchev–Trinajstić information content (AvgIpc) is 3.36. The van der Waals surface area contributed by atoms with E-state index >= 15 is 0 Å². The zero-order valence-corrected chi connectivity index (χ0v) is 34.7. The van der Waals surface area contributed by atoms with Gasteiger partial charge in [0.05, 0.1) is 0 Å². The van der Waals surface area contributed by atoms with Crippen molar-refractivity contribution >= 4 is 86.2 Å². The van der Waals surface area contributed by atoms with Crippen LogP contribution in [0.25, 0.3) is 86.2 Å². The summed E-state index contributed by atoms with van der Waals surface area (Å²) < 4.78 is 0. The Morgan fingerprint density at radius 2 is 0.406 bits per heavy atom. The summed E-state index contributed by atoms with van der Waals surface area (Å²) in [6.07, 6.45) is -4.08. The van der Waals surface area contributed by atoms with Gasteiger partial charge in [-0.25, -0.2) is 0 Å². The van der Waals surface area contributed by atoms with Gasteiger partial charge in [0.15, 0.2) is 0 Å². The molecule has 0 fully saturated rings. The molecule has 2 atom stereocenters. The van der Waals surface area contributed by atoms with E-state index in [1.807, 2.05) is 194 Å². The lowest BCUT2D eigenvalue weighted by molar-refractivity contribution is -0.165. The summed E-state index contributed by atoms with van der Waals surface area (Å²) in [5, 5.41) is 70.2. The zero-order chi connectivity index (χ0) is 43.2. The fourth-order valence-corrected chi connectivity index (χ4v) is 10.9. The molecule has 0 spiro atoms. The largest absolute Gasteiger partial charge is 0.387 e. The summed E-state index contributed by atoms with van der Waals surface area (Å²) in [7, 11) is 0. The van der Waals surface area contributed by atoms with Crippen LogP contribution in [-0.4, -0.2) is 32.6 Å². The second-order valence-corrected chi connectivity index (χ2v) is 17.2. The van der Waals surface area contributed by atoms with Crippen LogP contribution in [0, 0.1) is 0 Å². The van der Waals surface area contributed by atoms with E-state index in [4.69, 9.17) is 0 Å². The highest BCUT2D eigenvalue weighted by molar-refractivity contribution is 6.14. The van der Waals surface area contributed by atoms with Crippen molar-refractivity contribution in [2.45, 2.75) is 23.4 Å². The van der Waals surface area contributed by atoms with Crippen molar-refractivity contribution in [1.82, 2.24) is 0 Å². The lowest BCUT2D eigenvalue weighted by atomic mass is 9.68. The van der Waals surface area contributed by atoms with E-state index in [1.165, 1.54) is 0 Å². The van der Waals surface area contributed by atoms with Gasteiger partial charge in [-0.2, -0.15) is 0 Å². The molecule has 0 heterocycles. The minimum Gasteiger partial charge on any atom is -0.387 e. The lowest BCUT2D eigenvalue weighted by Gasteiger charge is -2.44. The monoisotopic (exact) mass is 826 g/mol. The van der Waals surface area contributed by atoms with Crippen molar-refractivity contribution in [3.05, 3.63) is 241 Å². The number of hydrogen-bond donors (Lipinski definition) is 4. The maximum Gasteiger partial charge on any atom is 0.144 e. The summed E-state index contributed by atoms with van der Waals surface area (Å²) >= 11 is 0. The van der Waals surface area contributed by atoms with Crippen molar-refractivity contribution < 1.29 is 20.4 Å². The zero-order valence-electron chi connectivity index (χ0n) is 34.7. The number of fused-ring (bicyclic) bond motifs is 12. The average molecular weight is 827 g/mol. The Bertz CT molecular complexity index is 3340. The van der Waals surface area contributed by atoms with E-state index in [-0.39, 0.29) is 0 Å².